The summed E-state index contributed by atoms with van der Waals surface area (Å²) in [6.07, 6.45) is 1.92. The number of nitrogens with two attached hydrogens (primary N) is 1. The van der Waals surface area contributed by atoms with Crippen LogP contribution < -0.4 is 5.73 Å². The van der Waals surface area contributed by atoms with Crippen molar-refractivity contribution in [3.05, 3.63) is 29.6 Å². The quantitative estimate of drug-likeness (QED) is 0.630. The number of nitrogens with zero attached hydrogens (tertiary/aromatic N) is 2. The van der Waals surface area contributed by atoms with Gasteiger partial charge in [-0.05, 0) is 32.4 Å². The molecule has 5 heteroatoms. The summed E-state index contributed by atoms with van der Waals surface area (Å²) < 4.78 is 11.0. The van der Waals surface area contributed by atoms with E-state index in [1.54, 1.807) is 0 Å². The van der Waals surface area contributed by atoms with Crippen molar-refractivity contribution in [2.24, 2.45) is 5.73 Å². The molecule has 0 saturated heterocycles. The third kappa shape index (κ3) is 6.52. The first-order valence-electron chi connectivity index (χ1n) is 7.75. The van der Waals surface area contributed by atoms with Gasteiger partial charge in [-0.25, -0.2) is 0 Å². The maximum absolute atomic E-state index is 6.00. The van der Waals surface area contributed by atoms with E-state index in [1.165, 1.54) is 0 Å². The van der Waals surface area contributed by atoms with E-state index < -0.39 is 0 Å². The summed E-state index contributed by atoms with van der Waals surface area (Å²) in [5.74, 6) is 0. The van der Waals surface area contributed by atoms with Crippen molar-refractivity contribution < 1.29 is 9.47 Å². The molecule has 0 spiro atoms. The van der Waals surface area contributed by atoms with Gasteiger partial charge in [0.25, 0.3) is 0 Å². The van der Waals surface area contributed by atoms with Crippen LogP contribution in [-0.4, -0.2) is 55.9 Å². The lowest BCUT2D eigenvalue weighted by atomic mass is 10.1. The van der Waals surface area contributed by atoms with Gasteiger partial charge in [-0.15, -0.1) is 0 Å². The number of ether oxygens (including phenoxy) is 2. The zero-order valence-corrected chi connectivity index (χ0v) is 13.5. The molecule has 1 unspecified atom stereocenters. The second-order valence-corrected chi connectivity index (χ2v) is 4.91. The van der Waals surface area contributed by atoms with Gasteiger partial charge in [0.15, 0.2) is 0 Å². The molecule has 1 atom stereocenters. The zero-order chi connectivity index (χ0) is 15.5. The Hall–Kier alpha value is -1.01. The predicted molar refractivity (Wildman–Crippen MR) is 85.3 cm³/mol. The zero-order valence-electron chi connectivity index (χ0n) is 13.5. The fraction of sp³-hybridized carbons (Fsp3) is 0.688. The van der Waals surface area contributed by atoms with Crippen LogP contribution >= 0.6 is 0 Å². The molecule has 0 aliphatic heterocycles. The van der Waals surface area contributed by atoms with Gasteiger partial charge in [-0.1, -0.05) is 6.07 Å². The first-order valence-corrected chi connectivity index (χ1v) is 7.75. The molecule has 2 N–H and O–H groups in total. The van der Waals surface area contributed by atoms with Crippen molar-refractivity contribution in [3.63, 3.8) is 0 Å². The average molecular weight is 295 g/mol. The number of aryl methyl sites for hydroxylation is 1. The topological polar surface area (TPSA) is 60.6 Å². The van der Waals surface area contributed by atoms with Crippen LogP contribution in [0.15, 0.2) is 18.3 Å². The van der Waals surface area contributed by atoms with E-state index in [4.69, 9.17) is 15.2 Å². The summed E-state index contributed by atoms with van der Waals surface area (Å²) in [6, 6.07) is 4.29. The average Bonchev–Trinajstić information content (AvgIpc) is 2.50. The van der Waals surface area contributed by atoms with Crippen LogP contribution in [0.1, 0.15) is 31.1 Å². The number of pyridine rings is 1. The number of aromatic nitrogens is 1. The van der Waals surface area contributed by atoms with Crippen molar-refractivity contribution in [3.8, 4) is 0 Å². The number of rotatable bonds is 11. The van der Waals surface area contributed by atoms with Crippen LogP contribution in [0, 0.1) is 6.92 Å². The Kier molecular flexibility index (Phi) is 9.17. The third-order valence-corrected chi connectivity index (χ3v) is 3.44. The molecular weight excluding hydrogens is 266 g/mol. The molecule has 0 bridgehead atoms. The van der Waals surface area contributed by atoms with Crippen LogP contribution in [0.2, 0.25) is 0 Å². The highest BCUT2D eigenvalue weighted by Crippen LogP contribution is 2.18. The summed E-state index contributed by atoms with van der Waals surface area (Å²) in [5.41, 5.74) is 8.17. The Bertz CT molecular complexity index is 360. The second-order valence-electron chi connectivity index (χ2n) is 4.91. The number of hydrogen-bond acceptors (Lipinski definition) is 5. The highest BCUT2D eigenvalue weighted by Gasteiger charge is 2.19. The highest BCUT2D eigenvalue weighted by molar-refractivity contribution is 5.17. The van der Waals surface area contributed by atoms with Gasteiger partial charge in [-0.3, -0.25) is 9.88 Å². The second kappa shape index (κ2) is 10.7. The molecule has 1 aromatic rings. The molecule has 5 nitrogen and oxygen atoms in total. The highest BCUT2D eigenvalue weighted by atomic mass is 16.5. The first-order chi connectivity index (χ1) is 10.2. The molecule has 0 aliphatic rings. The maximum Gasteiger partial charge on any atom is 0.0593 e. The van der Waals surface area contributed by atoms with Crippen LogP contribution in [0.25, 0.3) is 0 Å². The summed E-state index contributed by atoms with van der Waals surface area (Å²) >= 11 is 0. The Morgan fingerprint density at radius 2 is 1.76 bits per heavy atom. The minimum Gasteiger partial charge on any atom is -0.380 e. The smallest absolute Gasteiger partial charge is 0.0593 e. The molecule has 0 amide bonds. The van der Waals surface area contributed by atoms with Crippen molar-refractivity contribution in [1.29, 1.82) is 0 Å². The molecule has 21 heavy (non-hydrogen) atoms. The lowest BCUT2D eigenvalue weighted by Gasteiger charge is -2.31. The van der Waals surface area contributed by atoms with Gasteiger partial charge in [0.05, 0.1) is 13.2 Å². The number of hydrogen-bond donors (Lipinski definition) is 1. The largest absolute Gasteiger partial charge is 0.380 e. The fourth-order valence-electron chi connectivity index (χ4n) is 2.25. The molecular formula is C16H29N3O2. The standard InChI is InChI=1S/C16H29N3O2/c1-4-20-10-8-19(9-11-21-5-2)16(12-17)15-7-6-14(3)18-13-15/h6-7,13,16H,4-5,8-12,17H2,1-3H3. The van der Waals surface area contributed by atoms with E-state index in [2.05, 4.69) is 16.0 Å². The van der Waals surface area contributed by atoms with Crippen LogP contribution in [-0.2, 0) is 9.47 Å². The minimum absolute atomic E-state index is 0.152. The van der Waals surface area contributed by atoms with Crippen LogP contribution in [0.5, 0.6) is 0 Å². The van der Waals surface area contributed by atoms with E-state index in [1.807, 2.05) is 33.0 Å². The van der Waals surface area contributed by atoms with Gasteiger partial charge in [-0.2, -0.15) is 0 Å². The minimum atomic E-state index is 0.152. The van der Waals surface area contributed by atoms with Crippen molar-refractivity contribution in [2.45, 2.75) is 26.8 Å². The Labute approximate surface area is 128 Å². The van der Waals surface area contributed by atoms with E-state index in [0.717, 1.165) is 37.6 Å². The van der Waals surface area contributed by atoms with Crippen molar-refractivity contribution in [1.82, 2.24) is 9.88 Å². The van der Waals surface area contributed by atoms with E-state index >= 15 is 0 Å². The summed E-state index contributed by atoms with van der Waals surface area (Å²) in [6.45, 7) is 11.1. The van der Waals surface area contributed by atoms with E-state index in [0.29, 0.717) is 19.8 Å². The molecule has 0 aliphatic carbocycles. The van der Waals surface area contributed by atoms with Gasteiger partial charge in [0, 0.05) is 50.8 Å². The van der Waals surface area contributed by atoms with E-state index in [9.17, 15) is 0 Å². The van der Waals surface area contributed by atoms with Gasteiger partial charge in [0.2, 0.25) is 0 Å². The predicted octanol–water partition coefficient (Wildman–Crippen LogP) is 1.76. The van der Waals surface area contributed by atoms with Gasteiger partial charge < -0.3 is 15.2 Å². The Balaban J connectivity index is 2.72. The van der Waals surface area contributed by atoms with Gasteiger partial charge >= 0.3 is 0 Å². The Morgan fingerprint density at radius 1 is 1.14 bits per heavy atom. The normalized spacial score (nSPS) is 12.8. The summed E-state index contributed by atoms with van der Waals surface area (Å²) in [5, 5.41) is 0. The Morgan fingerprint density at radius 3 is 2.19 bits per heavy atom. The first kappa shape index (κ1) is 18.0. The molecule has 120 valence electrons. The van der Waals surface area contributed by atoms with Crippen LogP contribution in [0.3, 0.4) is 0 Å². The third-order valence-electron chi connectivity index (χ3n) is 3.44. The molecule has 0 radical (unpaired) electrons. The lowest BCUT2D eigenvalue weighted by molar-refractivity contribution is 0.0639. The SMILES string of the molecule is CCOCCN(CCOCC)C(CN)c1ccc(C)nc1. The maximum atomic E-state index is 6.00. The molecule has 1 heterocycles. The van der Waals surface area contributed by atoms with Crippen LogP contribution in [0.4, 0.5) is 0 Å². The van der Waals surface area contributed by atoms with Crippen molar-refractivity contribution in [2.75, 3.05) is 46.1 Å². The lowest BCUT2D eigenvalue weighted by Crippen LogP contribution is -2.38. The molecule has 0 fully saturated rings. The summed E-state index contributed by atoms with van der Waals surface area (Å²) in [4.78, 5) is 6.70. The molecule has 1 aromatic heterocycles. The van der Waals surface area contributed by atoms with Crippen molar-refractivity contribution >= 4 is 0 Å². The monoisotopic (exact) mass is 295 g/mol. The summed E-state index contributed by atoms with van der Waals surface area (Å²) in [7, 11) is 0. The molecule has 0 aromatic carbocycles. The van der Waals surface area contributed by atoms with Gasteiger partial charge in [0.1, 0.15) is 0 Å². The molecule has 1 rings (SSSR count). The fourth-order valence-corrected chi connectivity index (χ4v) is 2.25. The van der Waals surface area contributed by atoms with E-state index in [-0.39, 0.29) is 6.04 Å². The molecule has 0 saturated carbocycles.